The van der Waals surface area contributed by atoms with Gasteiger partial charge in [0.2, 0.25) is 0 Å². The van der Waals surface area contributed by atoms with Crippen LogP contribution < -0.4 is 10.6 Å². The third-order valence-electron chi connectivity index (χ3n) is 3.09. The fourth-order valence-corrected chi connectivity index (χ4v) is 2.03. The van der Waals surface area contributed by atoms with E-state index < -0.39 is 0 Å². The summed E-state index contributed by atoms with van der Waals surface area (Å²) in [5.41, 5.74) is 7.54. The van der Waals surface area contributed by atoms with Crippen LogP contribution in [0.1, 0.15) is 24.0 Å². The van der Waals surface area contributed by atoms with Crippen LogP contribution in [0.25, 0.3) is 0 Å². The third-order valence-corrected chi connectivity index (χ3v) is 3.09. The summed E-state index contributed by atoms with van der Waals surface area (Å²) in [6.45, 7) is 3.73. The molecule has 2 rings (SSSR count). The molecule has 0 saturated carbocycles. The van der Waals surface area contributed by atoms with E-state index in [1.165, 1.54) is 0 Å². The van der Waals surface area contributed by atoms with Gasteiger partial charge in [0.25, 0.3) is 0 Å². The molecule has 1 fully saturated rings. The van der Waals surface area contributed by atoms with E-state index >= 15 is 0 Å². The van der Waals surface area contributed by atoms with Gasteiger partial charge in [-0.15, -0.1) is 0 Å². The second-order valence-electron chi connectivity index (χ2n) is 4.26. The quantitative estimate of drug-likeness (QED) is 0.765. The van der Waals surface area contributed by atoms with Crippen LogP contribution in [0, 0.1) is 18.3 Å². The van der Waals surface area contributed by atoms with Crippen molar-refractivity contribution in [2.75, 3.05) is 18.0 Å². The maximum absolute atomic E-state index is 9.14. The van der Waals surface area contributed by atoms with Gasteiger partial charge in [0.1, 0.15) is 11.9 Å². The molecular formula is C12H16N4. The lowest BCUT2D eigenvalue weighted by molar-refractivity contribution is 0.498. The number of anilines is 1. The molecule has 0 aromatic carbocycles. The molecule has 0 unspecified atom stereocenters. The Hall–Kier alpha value is -1.60. The van der Waals surface area contributed by atoms with Gasteiger partial charge in [-0.25, -0.2) is 4.98 Å². The van der Waals surface area contributed by atoms with Crippen LogP contribution in [0.2, 0.25) is 0 Å². The number of aromatic nitrogens is 1. The number of nitriles is 1. The molecule has 4 nitrogen and oxygen atoms in total. The molecule has 1 aromatic rings. The first-order valence-electron chi connectivity index (χ1n) is 5.58. The Morgan fingerprint density at radius 2 is 2.19 bits per heavy atom. The average molecular weight is 216 g/mol. The number of pyridine rings is 1. The predicted molar refractivity (Wildman–Crippen MR) is 63.1 cm³/mol. The summed E-state index contributed by atoms with van der Waals surface area (Å²) < 4.78 is 0. The number of hydrogen-bond acceptors (Lipinski definition) is 4. The van der Waals surface area contributed by atoms with Crippen molar-refractivity contribution in [2.24, 2.45) is 5.73 Å². The topological polar surface area (TPSA) is 65.9 Å². The highest BCUT2D eigenvalue weighted by Gasteiger charge is 2.20. The first-order valence-corrected chi connectivity index (χ1v) is 5.58. The van der Waals surface area contributed by atoms with Crippen LogP contribution in [0.4, 0.5) is 5.82 Å². The molecule has 0 spiro atoms. The highest BCUT2D eigenvalue weighted by atomic mass is 15.2. The molecule has 1 aliphatic heterocycles. The molecule has 84 valence electrons. The second-order valence-corrected chi connectivity index (χ2v) is 4.26. The predicted octanol–water partition coefficient (Wildman–Crippen LogP) is 1.19. The van der Waals surface area contributed by atoms with Crippen molar-refractivity contribution in [3.63, 3.8) is 0 Å². The molecule has 2 heterocycles. The van der Waals surface area contributed by atoms with E-state index in [1.807, 2.05) is 13.0 Å². The standard InChI is InChI=1S/C12H16N4/c1-9-2-5-15-12(11(9)8-13)16-6-3-10(14)4-7-16/h2,5,10H,3-4,6-7,14H2,1H3. The molecule has 0 aliphatic carbocycles. The lowest BCUT2D eigenvalue weighted by atomic mass is 10.0. The van der Waals surface area contributed by atoms with Crippen molar-refractivity contribution in [3.8, 4) is 6.07 Å². The number of nitrogens with two attached hydrogens (primary N) is 1. The summed E-state index contributed by atoms with van der Waals surface area (Å²) in [6.07, 6.45) is 3.71. The third kappa shape index (κ3) is 2.00. The monoisotopic (exact) mass is 216 g/mol. The Morgan fingerprint density at radius 3 is 2.81 bits per heavy atom. The van der Waals surface area contributed by atoms with E-state index in [9.17, 15) is 0 Å². The lowest BCUT2D eigenvalue weighted by Gasteiger charge is -2.31. The Bertz CT molecular complexity index is 414. The van der Waals surface area contributed by atoms with Crippen molar-refractivity contribution in [2.45, 2.75) is 25.8 Å². The van der Waals surface area contributed by atoms with Crippen molar-refractivity contribution < 1.29 is 0 Å². The smallest absolute Gasteiger partial charge is 0.146 e. The Labute approximate surface area is 95.7 Å². The van der Waals surface area contributed by atoms with Gasteiger partial charge in [0, 0.05) is 25.3 Å². The minimum absolute atomic E-state index is 0.298. The summed E-state index contributed by atoms with van der Waals surface area (Å²) in [4.78, 5) is 6.48. The second kappa shape index (κ2) is 4.50. The first-order chi connectivity index (χ1) is 7.72. The maximum atomic E-state index is 9.14. The summed E-state index contributed by atoms with van der Waals surface area (Å²) in [6, 6.07) is 4.41. The minimum atomic E-state index is 0.298. The van der Waals surface area contributed by atoms with Gasteiger partial charge in [-0.05, 0) is 31.4 Å². The molecule has 1 aliphatic rings. The number of piperidine rings is 1. The Balaban J connectivity index is 2.27. The number of rotatable bonds is 1. The molecule has 16 heavy (non-hydrogen) atoms. The van der Waals surface area contributed by atoms with E-state index in [0.29, 0.717) is 11.6 Å². The summed E-state index contributed by atoms with van der Waals surface area (Å²) in [5.74, 6) is 0.814. The van der Waals surface area contributed by atoms with Gasteiger partial charge in [0.05, 0.1) is 5.56 Å². The zero-order chi connectivity index (χ0) is 11.5. The van der Waals surface area contributed by atoms with Crippen molar-refractivity contribution in [3.05, 3.63) is 23.4 Å². The van der Waals surface area contributed by atoms with E-state index in [2.05, 4.69) is 16.0 Å². The van der Waals surface area contributed by atoms with E-state index in [4.69, 9.17) is 11.0 Å². The summed E-state index contributed by atoms with van der Waals surface area (Å²) >= 11 is 0. The van der Waals surface area contributed by atoms with Gasteiger partial charge in [-0.3, -0.25) is 0 Å². The molecule has 2 N–H and O–H groups in total. The molecule has 1 saturated heterocycles. The maximum Gasteiger partial charge on any atom is 0.146 e. The van der Waals surface area contributed by atoms with Gasteiger partial charge >= 0.3 is 0 Å². The minimum Gasteiger partial charge on any atom is -0.355 e. The summed E-state index contributed by atoms with van der Waals surface area (Å²) in [7, 11) is 0. The van der Waals surface area contributed by atoms with Crippen LogP contribution in [0.15, 0.2) is 12.3 Å². The van der Waals surface area contributed by atoms with Gasteiger partial charge < -0.3 is 10.6 Å². The fraction of sp³-hybridized carbons (Fsp3) is 0.500. The van der Waals surface area contributed by atoms with Crippen molar-refractivity contribution >= 4 is 5.82 Å². The van der Waals surface area contributed by atoms with E-state index in [1.54, 1.807) is 6.20 Å². The summed E-state index contributed by atoms with van der Waals surface area (Å²) in [5, 5.41) is 9.14. The number of hydrogen-bond donors (Lipinski definition) is 1. The van der Waals surface area contributed by atoms with Crippen molar-refractivity contribution in [1.82, 2.24) is 4.98 Å². The SMILES string of the molecule is Cc1ccnc(N2CCC(N)CC2)c1C#N. The first kappa shape index (κ1) is 10.9. The molecule has 4 heteroatoms. The Kier molecular flexibility index (Phi) is 3.07. The van der Waals surface area contributed by atoms with Crippen molar-refractivity contribution in [1.29, 1.82) is 5.26 Å². The molecule has 1 aromatic heterocycles. The van der Waals surface area contributed by atoms with Crippen LogP contribution in [0.5, 0.6) is 0 Å². The zero-order valence-electron chi connectivity index (χ0n) is 9.48. The zero-order valence-corrected chi connectivity index (χ0v) is 9.48. The van der Waals surface area contributed by atoms with Crippen LogP contribution in [0.3, 0.4) is 0 Å². The molecule has 0 atom stereocenters. The number of aryl methyl sites for hydroxylation is 1. The average Bonchev–Trinajstić information content (AvgIpc) is 2.30. The molecule has 0 amide bonds. The molecule has 0 radical (unpaired) electrons. The van der Waals surface area contributed by atoms with E-state index in [-0.39, 0.29) is 0 Å². The highest BCUT2D eigenvalue weighted by Crippen LogP contribution is 2.22. The van der Waals surface area contributed by atoms with Gasteiger partial charge in [-0.2, -0.15) is 5.26 Å². The lowest BCUT2D eigenvalue weighted by Crippen LogP contribution is -2.40. The van der Waals surface area contributed by atoms with Crippen LogP contribution in [-0.4, -0.2) is 24.1 Å². The fourth-order valence-electron chi connectivity index (χ4n) is 2.03. The molecule has 0 bridgehead atoms. The van der Waals surface area contributed by atoms with E-state index in [0.717, 1.165) is 37.3 Å². The highest BCUT2D eigenvalue weighted by molar-refractivity contribution is 5.57. The van der Waals surface area contributed by atoms with Gasteiger partial charge in [-0.1, -0.05) is 0 Å². The van der Waals surface area contributed by atoms with Crippen LogP contribution in [-0.2, 0) is 0 Å². The largest absolute Gasteiger partial charge is 0.355 e. The normalized spacial score (nSPS) is 17.2. The Morgan fingerprint density at radius 1 is 1.50 bits per heavy atom. The number of nitrogens with zero attached hydrogens (tertiary/aromatic N) is 3. The van der Waals surface area contributed by atoms with Crippen LogP contribution >= 0.6 is 0 Å². The molecular weight excluding hydrogens is 200 g/mol. The van der Waals surface area contributed by atoms with Gasteiger partial charge in [0.15, 0.2) is 0 Å².